The Morgan fingerprint density at radius 1 is 1.18 bits per heavy atom. The first kappa shape index (κ1) is 31.3. The van der Waals surface area contributed by atoms with E-state index in [0.29, 0.717) is 19.4 Å². The minimum absolute atomic E-state index is 0.0851. The molecular formula is C28H46N4O6. The molecule has 38 heavy (non-hydrogen) atoms. The monoisotopic (exact) mass is 534 g/mol. The van der Waals surface area contributed by atoms with E-state index in [1.807, 2.05) is 20.8 Å². The van der Waals surface area contributed by atoms with Gasteiger partial charge >= 0.3 is 6.09 Å². The number of rotatable bonds is 11. The van der Waals surface area contributed by atoms with E-state index in [9.17, 15) is 24.0 Å². The maximum absolute atomic E-state index is 13.9. The van der Waals surface area contributed by atoms with Gasteiger partial charge in [0.25, 0.3) is 5.91 Å². The molecule has 1 aliphatic carbocycles. The summed E-state index contributed by atoms with van der Waals surface area (Å²) in [4.78, 5) is 68.4. The molecule has 2 N–H and O–H groups in total. The molecule has 5 atom stereocenters. The minimum Gasteiger partial charge on any atom is -0.444 e. The maximum atomic E-state index is 13.9. The first-order chi connectivity index (χ1) is 17.5. The third kappa shape index (κ3) is 6.74. The molecule has 4 amide bonds. The van der Waals surface area contributed by atoms with Crippen LogP contribution in [0.3, 0.4) is 0 Å². The Hall–Kier alpha value is -2.91. The standard InChI is InChI=1S/C28H46N4O6/c1-11-13-18(22(33)24(35)29-14-12-2)30-23(34)21-19-17(28(19,8)9)15-32(21)25(36)20(16(3)4)31(10)26(37)38-27(5,6)7/h12,16-21H,2,11,13-15H2,1,3-10H3,(H,29,35)(H,30,34)/t17-,18-,19-,20-,21-/m0/s1. The number of ketones is 1. The predicted octanol–water partition coefficient (Wildman–Crippen LogP) is 2.52. The molecule has 0 aromatic rings. The van der Waals surface area contributed by atoms with E-state index in [0.717, 1.165) is 0 Å². The van der Waals surface area contributed by atoms with E-state index in [1.165, 1.54) is 18.0 Å². The molecule has 1 saturated carbocycles. The average Bonchev–Trinajstić information content (AvgIpc) is 3.14. The van der Waals surface area contributed by atoms with Gasteiger partial charge in [0.2, 0.25) is 17.6 Å². The van der Waals surface area contributed by atoms with E-state index in [2.05, 4.69) is 31.1 Å². The van der Waals surface area contributed by atoms with E-state index in [4.69, 9.17) is 4.74 Å². The molecule has 1 saturated heterocycles. The largest absolute Gasteiger partial charge is 0.444 e. The van der Waals surface area contributed by atoms with Crippen molar-refractivity contribution >= 4 is 29.6 Å². The molecule has 0 spiro atoms. The highest BCUT2D eigenvalue weighted by Gasteiger charge is 2.69. The van der Waals surface area contributed by atoms with Crippen LogP contribution in [0.4, 0.5) is 4.79 Å². The smallest absolute Gasteiger partial charge is 0.410 e. The molecular weight excluding hydrogens is 488 g/mol. The highest BCUT2D eigenvalue weighted by atomic mass is 16.6. The lowest BCUT2D eigenvalue weighted by Crippen LogP contribution is -2.59. The van der Waals surface area contributed by atoms with Crippen molar-refractivity contribution in [1.29, 1.82) is 0 Å². The van der Waals surface area contributed by atoms with Crippen molar-refractivity contribution in [3.8, 4) is 0 Å². The Bertz CT molecular complexity index is 953. The number of carbonyl (C=O) groups excluding carboxylic acids is 5. The second kappa shape index (κ2) is 11.9. The highest BCUT2D eigenvalue weighted by molar-refractivity contribution is 6.38. The van der Waals surface area contributed by atoms with Gasteiger partial charge < -0.3 is 20.3 Å². The fourth-order valence-corrected chi connectivity index (χ4v) is 5.55. The van der Waals surface area contributed by atoms with Crippen LogP contribution < -0.4 is 10.6 Å². The van der Waals surface area contributed by atoms with E-state index in [1.54, 1.807) is 25.7 Å². The molecule has 0 unspecified atom stereocenters. The van der Waals surface area contributed by atoms with Gasteiger partial charge in [-0.2, -0.15) is 0 Å². The van der Waals surface area contributed by atoms with Crippen molar-refractivity contribution in [2.24, 2.45) is 23.2 Å². The van der Waals surface area contributed by atoms with Gasteiger partial charge in [0, 0.05) is 20.1 Å². The van der Waals surface area contributed by atoms with Crippen LogP contribution in [0.2, 0.25) is 0 Å². The van der Waals surface area contributed by atoms with Crippen LogP contribution in [-0.4, -0.2) is 83.3 Å². The number of Topliss-reactive ketones (excluding diaryl/α,β-unsaturated/α-hetero) is 1. The van der Waals surface area contributed by atoms with Crippen molar-refractivity contribution in [3.05, 3.63) is 12.7 Å². The molecule has 2 aliphatic rings. The number of nitrogens with zero attached hydrogens (tertiary/aromatic N) is 2. The first-order valence-electron chi connectivity index (χ1n) is 13.5. The summed E-state index contributed by atoms with van der Waals surface area (Å²) in [5.41, 5.74) is -0.870. The zero-order chi connectivity index (χ0) is 29.2. The number of hydrogen-bond donors (Lipinski definition) is 2. The summed E-state index contributed by atoms with van der Waals surface area (Å²) >= 11 is 0. The second-order valence-electron chi connectivity index (χ2n) is 12.4. The number of fused-ring (bicyclic) bond motifs is 1. The zero-order valence-corrected chi connectivity index (χ0v) is 24.4. The van der Waals surface area contributed by atoms with Crippen molar-refractivity contribution < 1.29 is 28.7 Å². The van der Waals surface area contributed by atoms with Crippen LogP contribution in [0.25, 0.3) is 0 Å². The zero-order valence-electron chi connectivity index (χ0n) is 24.4. The highest BCUT2D eigenvalue weighted by Crippen LogP contribution is 2.65. The Morgan fingerprint density at radius 2 is 1.79 bits per heavy atom. The topological polar surface area (TPSA) is 125 Å². The summed E-state index contributed by atoms with van der Waals surface area (Å²) in [6.45, 7) is 19.0. The number of hydrogen-bond acceptors (Lipinski definition) is 6. The molecule has 1 aliphatic heterocycles. The normalized spacial score (nSPS) is 23.1. The summed E-state index contributed by atoms with van der Waals surface area (Å²) in [5.74, 6) is -2.51. The minimum atomic E-state index is -1.000. The van der Waals surface area contributed by atoms with Crippen LogP contribution in [0.5, 0.6) is 0 Å². The summed E-state index contributed by atoms with van der Waals surface area (Å²) < 4.78 is 5.49. The third-order valence-corrected chi connectivity index (χ3v) is 7.58. The lowest BCUT2D eigenvalue weighted by atomic mass is 9.96. The number of likely N-dealkylation sites (N-methyl/N-ethyl adjacent to an activating group) is 1. The molecule has 0 aromatic carbocycles. The molecule has 10 nitrogen and oxygen atoms in total. The van der Waals surface area contributed by atoms with Gasteiger partial charge in [-0.05, 0) is 50.4 Å². The van der Waals surface area contributed by atoms with Crippen LogP contribution in [0.1, 0.15) is 68.2 Å². The molecule has 2 rings (SSSR count). The third-order valence-electron chi connectivity index (χ3n) is 7.58. The summed E-state index contributed by atoms with van der Waals surface area (Å²) in [6.07, 6.45) is 1.72. The van der Waals surface area contributed by atoms with Gasteiger partial charge in [0.05, 0.1) is 6.04 Å². The fourth-order valence-electron chi connectivity index (χ4n) is 5.55. The predicted molar refractivity (Wildman–Crippen MR) is 144 cm³/mol. The number of amides is 4. The summed E-state index contributed by atoms with van der Waals surface area (Å²) in [7, 11) is 1.53. The Morgan fingerprint density at radius 3 is 2.29 bits per heavy atom. The number of carbonyl (C=O) groups is 5. The van der Waals surface area contributed by atoms with E-state index in [-0.39, 0.29) is 35.6 Å². The number of ether oxygens (including phenoxy) is 1. The van der Waals surface area contributed by atoms with Crippen LogP contribution >= 0.6 is 0 Å². The van der Waals surface area contributed by atoms with Crippen LogP contribution in [0, 0.1) is 23.2 Å². The average molecular weight is 535 g/mol. The molecule has 214 valence electrons. The Balaban J connectivity index is 2.31. The number of likely N-dealkylation sites (tertiary alicyclic amines) is 1. The maximum Gasteiger partial charge on any atom is 0.410 e. The van der Waals surface area contributed by atoms with Crippen LogP contribution in [0.15, 0.2) is 12.7 Å². The van der Waals surface area contributed by atoms with Gasteiger partial charge in [0.1, 0.15) is 17.7 Å². The molecule has 0 bridgehead atoms. The lowest BCUT2D eigenvalue weighted by Gasteiger charge is -2.38. The summed E-state index contributed by atoms with van der Waals surface area (Å²) in [5, 5.41) is 5.24. The fraction of sp³-hybridized carbons (Fsp3) is 0.750. The summed E-state index contributed by atoms with van der Waals surface area (Å²) in [6, 6.07) is -2.64. The molecule has 10 heteroatoms. The lowest BCUT2D eigenvalue weighted by molar-refractivity contribution is -0.146. The van der Waals surface area contributed by atoms with Crippen molar-refractivity contribution in [2.75, 3.05) is 20.1 Å². The van der Waals surface area contributed by atoms with Gasteiger partial charge in [-0.3, -0.25) is 24.1 Å². The van der Waals surface area contributed by atoms with Gasteiger partial charge in [-0.25, -0.2) is 4.79 Å². The number of piperidine rings is 1. The molecule has 0 radical (unpaired) electrons. The van der Waals surface area contributed by atoms with Gasteiger partial charge in [-0.15, -0.1) is 6.58 Å². The first-order valence-corrected chi connectivity index (χ1v) is 13.5. The number of nitrogens with one attached hydrogen (secondary N) is 2. The van der Waals surface area contributed by atoms with Gasteiger partial charge in [-0.1, -0.05) is 47.1 Å². The molecule has 0 aromatic heterocycles. The van der Waals surface area contributed by atoms with E-state index >= 15 is 0 Å². The van der Waals surface area contributed by atoms with E-state index < -0.39 is 47.4 Å². The quantitative estimate of drug-likeness (QED) is 0.310. The van der Waals surface area contributed by atoms with Crippen LogP contribution in [-0.2, 0) is 23.9 Å². The van der Waals surface area contributed by atoms with Crippen molar-refractivity contribution in [1.82, 2.24) is 20.4 Å². The molecule has 1 heterocycles. The Kier molecular flexibility index (Phi) is 9.78. The van der Waals surface area contributed by atoms with Crippen molar-refractivity contribution in [3.63, 3.8) is 0 Å². The SMILES string of the molecule is C=CCNC(=O)C(=O)[C@H](CCC)NC(=O)[C@@H]1[C@@H]2[C@H](CN1C(=O)[C@H](C(C)C)N(C)C(=O)OC(C)(C)C)C2(C)C. The second-order valence-corrected chi connectivity index (χ2v) is 12.4. The van der Waals surface area contributed by atoms with Crippen molar-refractivity contribution in [2.45, 2.75) is 92.0 Å². The Labute approximate surface area is 226 Å². The molecule has 2 fully saturated rings. The van der Waals surface area contributed by atoms with Gasteiger partial charge in [0.15, 0.2) is 0 Å².